The first-order valence-electron chi connectivity index (χ1n) is 6.76. The fourth-order valence-electron chi connectivity index (χ4n) is 1.80. The minimum atomic E-state index is -1.68. The van der Waals surface area contributed by atoms with Gasteiger partial charge in [0.1, 0.15) is 6.10 Å². The molecule has 1 rings (SSSR count). The summed E-state index contributed by atoms with van der Waals surface area (Å²) in [6.07, 6.45) is 7.66. The van der Waals surface area contributed by atoms with E-state index in [1.807, 2.05) is 6.26 Å². The molecule has 17 heavy (non-hydrogen) atoms. The monoisotopic (exact) mass is 256 g/mol. The molecule has 0 fully saturated rings. The molecular formula is C14H28O2Si. The third-order valence-electron chi connectivity index (χ3n) is 4.04. The quantitative estimate of drug-likeness (QED) is 0.690. The summed E-state index contributed by atoms with van der Waals surface area (Å²) in [5.74, 6) is 0. The summed E-state index contributed by atoms with van der Waals surface area (Å²) in [6, 6.07) is 0. The average molecular weight is 256 g/mol. The SMILES string of the molecule is CC[C@H](O[Si](C)(C)C(C)(C)C)[C@@H]1CCC=CO1. The molecule has 1 aliphatic rings. The van der Waals surface area contributed by atoms with E-state index in [1.54, 1.807) is 0 Å². The maximum Gasteiger partial charge on any atom is 0.192 e. The molecule has 0 aromatic rings. The van der Waals surface area contributed by atoms with Crippen molar-refractivity contribution in [3.05, 3.63) is 12.3 Å². The van der Waals surface area contributed by atoms with Crippen LogP contribution in [0.5, 0.6) is 0 Å². The summed E-state index contributed by atoms with van der Waals surface area (Å²) >= 11 is 0. The maximum atomic E-state index is 6.47. The van der Waals surface area contributed by atoms with Crippen molar-refractivity contribution in [2.45, 2.75) is 77.3 Å². The molecule has 0 radical (unpaired) electrons. The Balaban J connectivity index is 2.66. The number of allylic oxidation sites excluding steroid dienone is 1. The van der Waals surface area contributed by atoms with E-state index in [0.29, 0.717) is 0 Å². The lowest BCUT2D eigenvalue weighted by Gasteiger charge is -2.41. The Kier molecular flexibility index (Phi) is 4.84. The zero-order valence-electron chi connectivity index (χ0n) is 12.2. The van der Waals surface area contributed by atoms with Crippen LogP contribution in [-0.4, -0.2) is 20.5 Å². The van der Waals surface area contributed by atoms with E-state index in [0.717, 1.165) is 19.3 Å². The van der Waals surface area contributed by atoms with Crippen molar-refractivity contribution in [1.29, 1.82) is 0 Å². The lowest BCUT2D eigenvalue weighted by atomic mass is 10.1. The molecular weight excluding hydrogens is 228 g/mol. The molecule has 100 valence electrons. The van der Waals surface area contributed by atoms with Gasteiger partial charge in [-0.2, -0.15) is 0 Å². The van der Waals surface area contributed by atoms with Crippen LogP contribution in [0.25, 0.3) is 0 Å². The van der Waals surface area contributed by atoms with Gasteiger partial charge in [-0.1, -0.05) is 27.7 Å². The summed E-state index contributed by atoms with van der Waals surface area (Å²) in [4.78, 5) is 0. The van der Waals surface area contributed by atoms with Crippen molar-refractivity contribution in [2.75, 3.05) is 0 Å². The third-order valence-corrected chi connectivity index (χ3v) is 8.54. The Morgan fingerprint density at radius 2 is 2.06 bits per heavy atom. The zero-order chi connectivity index (χ0) is 13.1. The fourth-order valence-corrected chi connectivity index (χ4v) is 3.23. The largest absolute Gasteiger partial charge is 0.496 e. The predicted molar refractivity (Wildman–Crippen MR) is 75.6 cm³/mol. The van der Waals surface area contributed by atoms with E-state index in [1.165, 1.54) is 0 Å². The molecule has 1 heterocycles. The van der Waals surface area contributed by atoms with Gasteiger partial charge in [-0.05, 0) is 43.5 Å². The molecule has 0 amide bonds. The first-order valence-corrected chi connectivity index (χ1v) is 9.67. The Labute approximate surface area is 108 Å². The van der Waals surface area contributed by atoms with Crippen LogP contribution >= 0.6 is 0 Å². The minimum absolute atomic E-state index is 0.249. The molecule has 0 saturated carbocycles. The standard InChI is InChI=1S/C14H28O2Si/c1-7-12(13-10-8-9-11-15-13)16-17(5,6)14(2,3)4/h9,11-13H,7-8,10H2,1-6H3/t12-,13-/m0/s1. The van der Waals surface area contributed by atoms with Gasteiger partial charge in [0.25, 0.3) is 0 Å². The van der Waals surface area contributed by atoms with E-state index >= 15 is 0 Å². The molecule has 3 heteroatoms. The van der Waals surface area contributed by atoms with Gasteiger partial charge in [0, 0.05) is 0 Å². The highest BCUT2D eigenvalue weighted by Crippen LogP contribution is 2.38. The second kappa shape index (κ2) is 5.57. The topological polar surface area (TPSA) is 18.5 Å². The van der Waals surface area contributed by atoms with Gasteiger partial charge in [0.05, 0.1) is 12.4 Å². The van der Waals surface area contributed by atoms with E-state index in [9.17, 15) is 0 Å². The van der Waals surface area contributed by atoms with E-state index in [4.69, 9.17) is 9.16 Å². The molecule has 0 bridgehead atoms. The zero-order valence-corrected chi connectivity index (χ0v) is 13.2. The van der Waals surface area contributed by atoms with Gasteiger partial charge >= 0.3 is 0 Å². The highest BCUT2D eigenvalue weighted by molar-refractivity contribution is 6.74. The smallest absolute Gasteiger partial charge is 0.192 e. The van der Waals surface area contributed by atoms with Crippen molar-refractivity contribution in [3.8, 4) is 0 Å². The van der Waals surface area contributed by atoms with Gasteiger partial charge in [-0.15, -0.1) is 0 Å². The molecule has 0 aromatic carbocycles. The first-order chi connectivity index (χ1) is 7.78. The summed E-state index contributed by atoms with van der Waals surface area (Å²) in [6.45, 7) is 13.7. The first kappa shape index (κ1) is 14.8. The lowest BCUT2D eigenvalue weighted by Crippen LogP contribution is -2.47. The lowest BCUT2D eigenvalue weighted by molar-refractivity contribution is 0.00390. The average Bonchev–Trinajstić information content (AvgIpc) is 2.25. The van der Waals surface area contributed by atoms with Crippen LogP contribution in [0, 0.1) is 0 Å². The molecule has 0 aliphatic carbocycles. The highest BCUT2D eigenvalue weighted by Gasteiger charge is 2.40. The Hall–Kier alpha value is -0.283. The minimum Gasteiger partial charge on any atom is -0.496 e. The summed E-state index contributed by atoms with van der Waals surface area (Å²) in [5, 5.41) is 0.269. The molecule has 0 spiro atoms. The highest BCUT2D eigenvalue weighted by atomic mass is 28.4. The second-order valence-corrected chi connectivity index (χ2v) is 11.2. The van der Waals surface area contributed by atoms with Crippen molar-refractivity contribution in [1.82, 2.24) is 0 Å². The number of hydrogen-bond acceptors (Lipinski definition) is 2. The molecule has 2 nitrogen and oxygen atoms in total. The predicted octanol–water partition coefficient (Wildman–Crippen LogP) is 4.48. The van der Waals surface area contributed by atoms with Crippen molar-refractivity contribution < 1.29 is 9.16 Å². The van der Waals surface area contributed by atoms with Crippen LogP contribution in [0.3, 0.4) is 0 Å². The molecule has 0 unspecified atom stereocenters. The Morgan fingerprint density at radius 3 is 2.47 bits per heavy atom. The molecule has 0 aromatic heterocycles. The van der Waals surface area contributed by atoms with Gasteiger partial charge in [0.15, 0.2) is 8.32 Å². The molecule has 0 saturated heterocycles. The van der Waals surface area contributed by atoms with Gasteiger partial charge in [-0.25, -0.2) is 0 Å². The van der Waals surface area contributed by atoms with Crippen LogP contribution in [0.1, 0.15) is 47.0 Å². The van der Waals surface area contributed by atoms with Crippen molar-refractivity contribution in [2.24, 2.45) is 0 Å². The van der Waals surface area contributed by atoms with E-state index in [2.05, 4.69) is 46.9 Å². The molecule has 2 atom stereocenters. The van der Waals surface area contributed by atoms with Crippen LogP contribution in [0.15, 0.2) is 12.3 Å². The number of ether oxygens (including phenoxy) is 1. The van der Waals surface area contributed by atoms with Gasteiger partial charge in [0.2, 0.25) is 0 Å². The number of hydrogen-bond donors (Lipinski definition) is 0. The maximum absolute atomic E-state index is 6.47. The fraction of sp³-hybridized carbons (Fsp3) is 0.857. The molecule has 1 aliphatic heterocycles. The van der Waals surface area contributed by atoms with Crippen molar-refractivity contribution in [3.63, 3.8) is 0 Å². The summed E-state index contributed by atoms with van der Waals surface area (Å²) in [5.41, 5.74) is 0. The van der Waals surface area contributed by atoms with Gasteiger partial charge < -0.3 is 9.16 Å². The third kappa shape index (κ3) is 3.85. The normalized spacial score (nSPS) is 23.3. The number of rotatable bonds is 4. The summed E-state index contributed by atoms with van der Waals surface area (Å²) in [7, 11) is -1.68. The Morgan fingerprint density at radius 1 is 1.41 bits per heavy atom. The van der Waals surface area contributed by atoms with Crippen LogP contribution in [0.4, 0.5) is 0 Å². The van der Waals surface area contributed by atoms with E-state index < -0.39 is 8.32 Å². The summed E-state index contributed by atoms with van der Waals surface area (Å²) < 4.78 is 12.2. The van der Waals surface area contributed by atoms with Gasteiger partial charge in [-0.3, -0.25) is 0 Å². The van der Waals surface area contributed by atoms with Crippen LogP contribution in [-0.2, 0) is 9.16 Å². The van der Waals surface area contributed by atoms with Crippen LogP contribution in [0.2, 0.25) is 18.1 Å². The molecule has 0 N–H and O–H groups in total. The Bertz CT molecular complexity index is 266. The van der Waals surface area contributed by atoms with E-state index in [-0.39, 0.29) is 17.2 Å². The second-order valence-electron chi connectivity index (χ2n) is 6.45. The van der Waals surface area contributed by atoms with Crippen LogP contribution < -0.4 is 0 Å². The van der Waals surface area contributed by atoms with Crippen molar-refractivity contribution >= 4 is 8.32 Å².